The molecule has 1 atom stereocenters. The molecule has 1 aromatic heterocycles. The number of ether oxygens (including phenoxy) is 1. The Kier molecular flexibility index (Phi) is 5.83. The molecule has 3 heterocycles. The number of nitrogens with zero attached hydrogens (tertiary/aromatic N) is 2. The lowest BCUT2D eigenvalue weighted by Crippen LogP contribution is -2.53. The summed E-state index contributed by atoms with van der Waals surface area (Å²) in [5.41, 5.74) is 2.28. The van der Waals surface area contributed by atoms with Crippen LogP contribution in [0.5, 0.6) is 5.75 Å². The molecular weight excluding hydrogens is 420 g/mol. The van der Waals surface area contributed by atoms with Crippen LogP contribution >= 0.6 is 0 Å². The summed E-state index contributed by atoms with van der Waals surface area (Å²) in [5, 5.41) is 0.860. The van der Waals surface area contributed by atoms with Gasteiger partial charge in [-0.05, 0) is 44.9 Å². The lowest BCUT2D eigenvalue weighted by Gasteiger charge is -2.37. The van der Waals surface area contributed by atoms with Crippen LogP contribution in [0.15, 0.2) is 21.3 Å². The molecular formula is C22H28N2O6S. The molecule has 0 N–H and O–H groups in total. The third kappa shape index (κ3) is 4.34. The van der Waals surface area contributed by atoms with E-state index in [0.29, 0.717) is 55.1 Å². The number of aryl methyl sites for hydroxylation is 2. The van der Waals surface area contributed by atoms with Crippen LogP contribution in [0.3, 0.4) is 0 Å². The molecule has 2 aromatic rings. The molecule has 0 saturated carbocycles. The van der Waals surface area contributed by atoms with Crippen LogP contribution in [-0.2, 0) is 14.6 Å². The molecule has 2 saturated heterocycles. The van der Waals surface area contributed by atoms with Crippen molar-refractivity contribution in [3.05, 3.63) is 39.2 Å². The Morgan fingerprint density at radius 1 is 1.10 bits per heavy atom. The first-order chi connectivity index (χ1) is 14.7. The molecule has 0 unspecified atom stereocenters. The van der Waals surface area contributed by atoms with Crippen molar-refractivity contribution < 1.29 is 22.4 Å². The highest BCUT2D eigenvalue weighted by molar-refractivity contribution is 7.91. The normalized spacial score (nSPS) is 21.5. The van der Waals surface area contributed by atoms with Gasteiger partial charge in [0, 0.05) is 48.7 Å². The van der Waals surface area contributed by atoms with Gasteiger partial charge in [0.2, 0.25) is 0 Å². The topological polar surface area (TPSA) is 97.1 Å². The van der Waals surface area contributed by atoms with Crippen LogP contribution in [-0.4, -0.2) is 74.5 Å². The van der Waals surface area contributed by atoms with Crippen molar-refractivity contribution in [2.75, 3.05) is 44.3 Å². The van der Waals surface area contributed by atoms with E-state index in [4.69, 9.17) is 9.15 Å². The fraction of sp³-hybridized carbons (Fsp3) is 0.545. The lowest BCUT2D eigenvalue weighted by atomic mass is 10.0. The summed E-state index contributed by atoms with van der Waals surface area (Å²) >= 11 is 0. The van der Waals surface area contributed by atoms with E-state index in [1.165, 1.54) is 0 Å². The van der Waals surface area contributed by atoms with Gasteiger partial charge in [-0.15, -0.1) is 0 Å². The fourth-order valence-electron chi connectivity index (χ4n) is 4.41. The zero-order valence-electron chi connectivity index (χ0n) is 18.1. The number of benzene rings is 1. The minimum absolute atomic E-state index is 0.0699. The number of piperazine rings is 1. The first-order valence-corrected chi connectivity index (χ1v) is 12.4. The van der Waals surface area contributed by atoms with Crippen molar-refractivity contribution in [2.24, 2.45) is 0 Å². The first-order valence-electron chi connectivity index (χ1n) is 10.5. The van der Waals surface area contributed by atoms with Crippen molar-refractivity contribution in [3.8, 4) is 5.75 Å². The largest absolute Gasteiger partial charge is 0.483 e. The average molecular weight is 449 g/mol. The van der Waals surface area contributed by atoms with Gasteiger partial charge in [0.25, 0.3) is 5.91 Å². The Balaban J connectivity index is 1.37. The SMILES string of the molecule is Cc1c(C)c2ccc(OCC(=O)N3CCN([C@@H]4CCS(=O)(=O)C4)CC3)c(C)c2oc1=O. The number of carbonyl (C=O) groups excluding carboxylic acids is 1. The Hall–Kier alpha value is -2.39. The second-order valence-electron chi connectivity index (χ2n) is 8.47. The monoisotopic (exact) mass is 448 g/mol. The fourth-order valence-corrected chi connectivity index (χ4v) is 6.17. The number of hydrogen-bond acceptors (Lipinski definition) is 7. The maximum absolute atomic E-state index is 12.6. The second-order valence-corrected chi connectivity index (χ2v) is 10.7. The summed E-state index contributed by atoms with van der Waals surface area (Å²) in [6.07, 6.45) is 0.676. The van der Waals surface area contributed by atoms with E-state index in [0.717, 1.165) is 10.9 Å². The third-order valence-electron chi connectivity index (χ3n) is 6.57. The minimum atomic E-state index is -2.91. The molecule has 168 valence electrons. The van der Waals surface area contributed by atoms with Crippen molar-refractivity contribution in [1.82, 2.24) is 9.80 Å². The smallest absolute Gasteiger partial charge is 0.339 e. The van der Waals surface area contributed by atoms with E-state index in [1.54, 1.807) is 17.9 Å². The number of amides is 1. The van der Waals surface area contributed by atoms with E-state index < -0.39 is 9.84 Å². The van der Waals surface area contributed by atoms with E-state index >= 15 is 0 Å². The minimum Gasteiger partial charge on any atom is -0.483 e. The highest BCUT2D eigenvalue weighted by atomic mass is 32.2. The van der Waals surface area contributed by atoms with E-state index in [2.05, 4.69) is 4.90 Å². The van der Waals surface area contributed by atoms with Gasteiger partial charge in [-0.2, -0.15) is 0 Å². The van der Waals surface area contributed by atoms with Gasteiger partial charge >= 0.3 is 5.63 Å². The van der Waals surface area contributed by atoms with Gasteiger partial charge in [0.1, 0.15) is 11.3 Å². The molecule has 31 heavy (non-hydrogen) atoms. The molecule has 0 bridgehead atoms. The Bertz CT molecular complexity index is 1180. The van der Waals surface area contributed by atoms with Crippen molar-refractivity contribution in [3.63, 3.8) is 0 Å². The van der Waals surface area contributed by atoms with Crippen LogP contribution in [0.25, 0.3) is 11.0 Å². The maximum atomic E-state index is 12.6. The molecule has 2 aliphatic heterocycles. The molecule has 2 aliphatic rings. The number of sulfone groups is 1. The Morgan fingerprint density at radius 2 is 1.81 bits per heavy atom. The van der Waals surface area contributed by atoms with Crippen LogP contribution in [0.4, 0.5) is 0 Å². The van der Waals surface area contributed by atoms with Crippen LogP contribution < -0.4 is 10.4 Å². The molecule has 0 spiro atoms. The highest BCUT2D eigenvalue weighted by Gasteiger charge is 2.34. The average Bonchev–Trinajstić information content (AvgIpc) is 3.12. The third-order valence-corrected chi connectivity index (χ3v) is 8.32. The van der Waals surface area contributed by atoms with Crippen molar-refractivity contribution in [2.45, 2.75) is 33.2 Å². The predicted molar refractivity (Wildman–Crippen MR) is 117 cm³/mol. The predicted octanol–water partition coefficient (Wildman–Crippen LogP) is 1.43. The van der Waals surface area contributed by atoms with Gasteiger partial charge in [-0.1, -0.05) is 0 Å². The summed E-state index contributed by atoms with van der Waals surface area (Å²) in [5.74, 6) is 0.886. The molecule has 1 amide bonds. The molecule has 4 rings (SSSR count). The standard InChI is InChI=1S/C22H28N2O6S/c1-14-15(2)22(26)30-21-16(3)19(5-4-18(14)21)29-12-20(25)24-9-7-23(8-10-24)17-6-11-31(27,28)13-17/h4-5,17H,6-13H2,1-3H3/t17-/m1/s1. The van der Waals surface area contributed by atoms with E-state index in [1.807, 2.05) is 19.9 Å². The van der Waals surface area contributed by atoms with Crippen LogP contribution in [0, 0.1) is 20.8 Å². The second kappa shape index (κ2) is 8.27. The number of rotatable bonds is 4. The molecule has 9 heteroatoms. The number of carbonyl (C=O) groups is 1. The zero-order valence-corrected chi connectivity index (χ0v) is 19.0. The van der Waals surface area contributed by atoms with Gasteiger partial charge in [-0.25, -0.2) is 13.2 Å². The molecule has 2 fully saturated rings. The quantitative estimate of drug-likeness (QED) is 0.653. The van der Waals surface area contributed by atoms with Crippen LogP contribution in [0.2, 0.25) is 0 Å². The van der Waals surface area contributed by atoms with Gasteiger partial charge in [-0.3, -0.25) is 9.69 Å². The summed E-state index contributed by atoms with van der Waals surface area (Å²) in [4.78, 5) is 28.6. The molecule has 0 radical (unpaired) electrons. The maximum Gasteiger partial charge on any atom is 0.339 e. The summed E-state index contributed by atoms with van der Waals surface area (Å²) in [7, 11) is -2.91. The van der Waals surface area contributed by atoms with E-state index in [9.17, 15) is 18.0 Å². The number of hydrogen-bond donors (Lipinski definition) is 0. The molecule has 0 aliphatic carbocycles. The summed E-state index contributed by atoms with van der Waals surface area (Å²) in [6, 6.07) is 3.72. The summed E-state index contributed by atoms with van der Waals surface area (Å²) in [6.45, 7) is 7.80. The summed E-state index contributed by atoms with van der Waals surface area (Å²) < 4.78 is 34.7. The highest BCUT2D eigenvalue weighted by Crippen LogP contribution is 2.29. The first kappa shape index (κ1) is 21.8. The zero-order chi connectivity index (χ0) is 22.3. The lowest BCUT2D eigenvalue weighted by molar-refractivity contribution is -0.135. The van der Waals surface area contributed by atoms with Gasteiger partial charge in [0.05, 0.1) is 11.5 Å². The molecule has 1 aromatic carbocycles. The van der Waals surface area contributed by atoms with Crippen molar-refractivity contribution >= 4 is 26.7 Å². The van der Waals surface area contributed by atoms with Gasteiger partial charge in [0.15, 0.2) is 16.4 Å². The van der Waals surface area contributed by atoms with Crippen molar-refractivity contribution in [1.29, 1.82) is 0 Å². The molecule has 8 nitrogen and oxygen atoms in total. The Morgan fingerprint density at radius 3 is 2.45 bits per heavy atom. The Labute approximate surface area is 181 Å². The van der Waals surface area contributed by atoms with Gasteiger partial charge < -0.3 is 14.1 Å². The van der Waals surface area contributed by atoms with Crippen LogP contribution in [0.1, 0.15) is 23.1 Å². The number of fused-ring (bicyclic) bond motifs is 1. The van der Waals surface area contributed by atoms with E-state index in [-0.39, 0.29) is 35.7 Å².